The Hall–Kier alpha value is -3.59. The lowest BCUT2D eigenvalue weighted by Crippen LogP contribution is -2.51. The molecular formula is C24H27N3O6. The van der Waals surface area contributed by atoms with Gasteiger partial charge in [0.1, 0.15) is 0 Å². The molecule has 3 aromatic rings. The van der Waals surface area contributed by atoms with Crippen LogP contribution in [0.2, 0.25) is 0 Å². The third-order valence-corrected chi connectivity index (χ3v) is 5.76. The second-order valence-corrected chi connectivity index (χ2v) is 7.51. The Kier molecular flexibility index (Phi) is 6.50. The molecule has 33 heavy (non-hydrogen) atoms. The Balaban J connectivity index is 2.03. The Bertz CT molecular complexity index is 1170. The molecule has 0 fully saturated rings. The highest BCUT2D eigenvalue weighted by Gasteiger charge is 2.48. The number of hydrogen-bond donors (Lipinski definition) is 0. The molecule has 0 aliphatic carbocycles. The maximum absolute atomic E-state index is 13.8. The van der Waals surface area contributed by atoms with Crippen LogP contribution in [0.1, 0.15) is 18.5 Å². The summed E-state index contributed by atoms with van der Waals surface area (Å²) in [6.07, 6.45) is 0. The van der Waals surface area contributed by atoms with Gasteiger partial charge in [-0.2, -0.15) is 0 Å². The highest BCUT2D eigenvalue weighted by atomic mass is 16.5. The third kappa shape index (κ3) is 3.78. The van der Waals surface area contributed by atoms with Crippen molar-refractivity contribution in [2.45, 2.75) is 13.0 Å². The van der Waals surface area contributed by atoms with Crippen molar-refractivity contribution in [1.29, 1.82) is 0 Å². The quantitative estimate of drug-likeness (QED) is 0.383. The number of carbonyl (C=O) groups is 2. The van der Waals surface area contributed by atoms with E-state index in [0.717, 1.165) is 5.52 Å². The molecule has 1 aliphatic heterocycles. The highest BCUT2D eigenvalue weighted by Crippen LogP contribution is 2.46. The summed E-state index contributed by atoms with van der Waals surface area (Å²) in [5.74, 6) is -0.771. The van der Waals surface area contributed by atoms with Crippen LogP contribution in [0.4, 0.5) is 5.95 Å². The molecular weight excluding hydrogens is 426 g/mol. The summed E-state index contributed by atoms with van der Waals surface area (Å²) < 4.78 is 23.7. The van der Waals surface area contributed by atoms with Crippen molar-refractivity contribution in [3.63, 3.8) is 0 Å². The number of anilines is 1. The van der Waals surface area contributed by atoms with E-state index in [1.807, 2.05) is 34.9 Å². The molecule has 2 atom stereocenters. The zero-order valence-electron chi connectivity index (χ0n) is 19.1. The van der Waals surface area contributed by atoms with E-state index < -0.39 is 23.8 Å². The molecule has 0 unspecified atom stereocenters. The van der Waals surface area contributed by atoms with E-state index in [9.17, 15) is 9.59 Å². The molecule has 2 heterocycles. The standard InChI is InChI=1S/C24H27N3O6/c1-5-33-23(29)19-20(15-9-8-12-18(31-3)21(15)32-4)27-17-11-7-6-10-16(17)25-24(27)26(22(19)28)13-14-30-2/h6-12,19-20H,5,13-14H2,1-4H3/t19-,20+/m0/s1. The van der Waals surface area contributed by atoms with E-state index in [-0.39, 0.29) is 19.8 Å². The van der Waals surface area contributed by atoms with Crippen molar-refractivity contribution < 1.29 is 28.5 Å². The fourth-order valence-corrected chi connectivity index (χ4v) is 4.37. The molecule has 0 bridgehead atoms. The van der Waals surface area contributed by atoms with E-state index in [0.29, 0.717) is 28.5 Å². The SMILES string of the molecule is CCOC(=O)[C@@H]1C(=O)N(CCOC)c2nc3ccccc3n2[C@@H]1c1cccc(OC)c1OC. The van der Waals surface area contributed by atoms with Gasteiger partial charge in [-0.25, -0.2) is 4.98 Å². The number of ether oxygens (including phenoxy) is 4. The van der Waals surface area contributed by atoms with Gasteiger partial charge < -0.3 is 23.5 Å². The lowest BCUT2D eigenvalue weighted by Gasteiger charge is -2.38. The number of carbonyl (C=O) groups excluding carboxylic acids is 2. The van der Waals surface area contributed by atoms with E-state index in [4.69, 9.17) is 23.9 Å². The molecule has 0 saturated heterocycles. The van der Waals surface area contributed by atoms with Gasteiger partial charge in [0.15, 0.2) is 17.4 Å². The number of imidazole rings is 1. The lowest BCUT2D eigenvalue weighted by molar-refractivity contribution is -0.153. The van der Waals surface area contributed by atoms with Gasteiger partial charge in [-0.05, 0) is 25.1 Å². The molecule has 0 radical (unpaired) electrons. The number of benzene rings is 2. The molecule has 1 aliphatic rings. The van der Waals surface area contributed by atoms with Crippen LogP contribution >= 0.6 is 0 Å². The zero-order valence-corrected chi connectivity index (χ0v) is 19.1. The van der Waals surface area contributed by atoms with Crippen molar-refractivity contribution in [2.75, 3.05) is 46.0 Å². The van der Waals surface area contributed by atoms with E-state index in [2.05, 4.69) is 0 Å². The van der Waals surface area contributed by atoms with Crippen LogP contribution in [0.5, 0.6) is 11.5 Å². The van der Waals surface area contributed by atoms with Crippen LogP contribution in [0, 0.1) is 5.92 Å². The summed E-state index contributed by atoms with van der Waals surface area (Å²) in [6, 6.07) is 12.2. The van der Waals surface area contributed by atoms with Crippen molar-refractivity contribution in [2.24, 2.45) is 5.92 Å². The van der Waals surface area contributed by atoms with E-state index in [1.165, 1.54) is 12.0 Å². The summed E-state index contributed by atoms with van der Waals surface area (Å²) in [5, 5.41) is 0. The number of para-hydroxylation sites is 3. The van der Waals surface area contributed by atoms with Crippen LogP contribution in [-0.2, 0) is 19.1 Å². The first-order valence-electron chi connectivity index (χ1n) is 10.7. The van der Waals surface area contributed by atoms with Gasteiger partial charge in [0.2, 0.25) is 11.9 Å². The maximum Gasteiger partial charge on any atom is 0.321 e. The Morgan fingerprint density at radius 1 is 1.06 bits per heavy atom. The molecule has 2 aromatic carbocycles. The molecule has 174 valence electrons. The van der Waals surface area contributed by atoms with Gasteiger partial charge in [-0.3, -0.25) is 14.5 Å². The number of esters is 1. The fourth-order valence-electron chi connectivity index (χ4n) is 4.37. The third-order valence-electron chi connectivity index (χ3n) is 5.76. The van der Waals surface area contributed by atoms with Gasteiger partial charge in [-0.1, -0.05) is 24.3 Å². The monoisotopic (exact) mass is 453 g/mol. The average molecular weight is 453 g/mol. The summed E-state index contributed by atoms with van der Waals surface area (Å²) in [4.78, 5) is 33.2. The molecule has 9 heteroatoms. The number of fused-ring (bicyclic) bond motifs is 3. The van der Waals surface area contributed by atoms with Gasteiger partial charge in [-0.15, -0.1) is 0 Å². The first-order valence-corrected chi connectivity index (χ1v) is 10.7. The van der Waals surface area contributed by atoms with E-state index >= 15 is 0 Å². The normalized spacial score (nSPS) is 17.7. The van der Waals surface area contributed by atoms with Crippen molar-refractivity contribution in [3.8, 4) is 11.5 Å². The first-order chi connectivity index (χ1) is 16.1. The predicted octanol–water partition coefficient (Wildman–Crippen LogP) is 2.82. The van der Waals surface area contributed by atoms with Crippen LogP contribution in [0.25, 0.3) is 11.0 Å². The number of hydrogen-bond acceptors (Lipinski definition) is 7. The summed E-state index contributed by atoms with van der Waals surface area (Å²) in [5.41, 5.74) is 2.12. The van der Waals surface area contributed by atoms with Crippen LogP contribution in [0.3, 0.4) is 0 Å². The second kappa shape index (κ2) is 9.50. The fraction of sp³-hybridized carbons (Fsp3) is 0.375. The smallest absolute Gasteiger partial charge is 0.321 e. The van der Waals surface area contributed by atoms with Crippen molar-refractivity contribution in [1.82, 2.24) is 9.55 Å². The lowest BCUT2D eigenvalue weighted by atomic mass is 9.88. The highest BCUT2D eigenvalue weighted by molar-refractivity contribution is 6.08. The molecule has 1 aromatic heterocycles. The Morgan fingerprint density at radius 3 is 2.55 bits per heavy atom. The molecule has 4 rings (SSSR count). The van der Waals surface area contributed by atoms with Gasteiger partial charge in [0.05, 0.1) is 51.1 Å². The molecule has 1 amide bonds. The van der Waals surface area contributed by atoms with Crippen LogP contribution in [-0.4, -0.2) is 62.5 Å². The number of methoxy groups -OCH3 is 3. The number of nitrogens with zero attached hydrogens (tertiary/aromatic N) is 3. The molecule has 0 N–H and O–H groups in total. The molecule has 9 nitrogen and oxygen atoms in total. The van der Waals surface area contributed by atoms with Crippen LogP contribution in [0.15, 0.2) is 42.5 Å². The largest absolute Gasteiger partial charge is 0.493 e. The van der Waals surface area contributed by atoms with Crippen molar-refractivity contribution >= 4 is 28.9 Å². The van der Waals surface area contributed by atoms with Gasteiger partial charge in [0, 0.05) is 12.7 Å². The summed E-state index contributed by atoms with van der Waals surface area (Å²) in [7, 11) is 4.63. The Labute approximate surface area is 191 Å². The number of aromatic nitrogens is 2. The molecule has 0 spiro atoms. The topological polar surface area (TPSA) is 92.1 Å². The van der Waals surface area contributed by atoms with Gasteiger partial charge in [0.25, 0.3) is 0 Å². The summed E-state index contributed by atoms with van der Waals surface area (Å²) in [6.45, 7) is 2.40. The minimum atomic E-state index is -1.15. The minimum absolute atomic E-state index is 0.153. The average Bonchev–Trinajstić information content (AvgIpc) is 3.21. The predicted molar refractivity (Wildman–Crippen MR) is 122 cm³/mol. The van der Waals surface area contributed by atoms with Gasteiger partial charge >= 0.3 is 5.97 Å². The Morgan fingerprint density at radius 2 is 1.85 bits per heavy atom. The van der Waals surface area contributed by atoms with Crippen LogP contribution < -0.4 is 14.4 Å². The number of amides is 1. The molecule has 0 saturated carbocycles. The van der Waals surface area contributed by atoms with E-state index in [1.54, 1.807) is 33.3 Å². The van der Waals surface area contributed by atoms with Crippen molar-refractivity contribution in [3.05, 3.63) is 48.0 Å². The first kappa shape index (κ1) is 22.6. The zero-order chi connectivity index (χ0) is 23.5. The summed E-state index contributed by atoms with van der Waals surface area (Å²) >= 11 is 0. The maximum atomic E-state index is 13.8. The number of rotatable bonds is 8. The second-order valence-electron chi connectivity index (χ2n) is 7.51. The minimum Gasteiger partial charge on any atom is -0.493 e.